The lowest BCUT2D eigenvalue weighted by atomic mass is 9.55. The molecular weight excluding hydrogens is 855 g/mol. The van der Waals surface area contributed by atoms with Crippen molar-refractivity contribution in [3.8, 4) is 28.7 Å². The number of hydrogen-bond donors (Lipinski definition) is 2. The lowest BCUT2D eigenvalue weighted by Crippen LogP contribution is -2.70. The first-order valence-corrected chi connectivity index (χ1v) is 23.1. The summed E-state index contributed by atoms with van der Waals surface area (Å²) in [5.74, 6) is 0.470. The molecule has 0 spiro atoms. The molecule has 2 aliphatic heterocycles. The number of carbonyl (C=O) groups is 1. The second-order valence-corrected chi connectivity index (χ2v) is 17.6. The fourth-order valence-electron chi connectivity index (χ4n) is 10.3. The smallest absolute Gasteiger partial charge is 0.269 e. The number of aryl methyl sites for hydroxylation is 2. The Hall–Kier alpha value is -6.48. The molecule has 6 atom stereocenters. The van der Waals surface area contributed by atoms with Crippen molar-refractivity contribution in [1.29, 1.82) is 0 Å². The number of nitro groups is 1. The highest BCUT2D eigenvalue weighted by molar-refractivity contribution is 6.03. The summed E-state index contributed by atoms with van der Waals surface area (Å²) in [4.78, 5) is 33.5. The number of hydrogen-bond acceptors (Lipinski definition) is 12. The van der Waals surface area contributed by atoms with Gasteiger partial charge in [-0.2, -0.15) is 0 Å². The first-order valence-electron chi connectivity index (χ1n) is 23.1. The Morgan fingerprint density at radius 3 is 2.39 bits per heavy atom. The van der Waals surface area contributed by atoms with E-state index < -0.39 is 22.7 Å². The van der Waals surface area contributed by atoms with Gasteiger partial charge >= 0.3 is 0 Å². The van der Waals surface area contributed by atoms with Crippen LogP contribution in [0.3, 0.4) is 0 Å². The molecule has 0 bridgehead atoms. The second-order valence-electron chi connectivity index (χ2n) is 17.6. The van der Waals surface area contributed by atoms with Crippen LogP contribution in [0.4, 0.5) is 5.69 Å². The van der Waals surface area contributed by atoms with Gasteiger partial charge in [0, 0.05) is 55.9 Å². The maximum atomic E-state index is 15.2. The van der Waals surface area contributed by atoms with Crippen molar-refractivity contribution in [2.24, 2.45) is 22.9 Å². The topological polar surface area (TPSA) is 172 Å². The maximum absolute atomic E-state index is 15.2. The number of rotatable bonds is 20. The SMILES string of the molecule is C=CCOC12Oc3ccc(Oc4ccc(C)c(C)c4)cc3C3C(CCCCO)C(CCCCO)C=C(C(=NOC)CC1N(Cc1ccc4c(c1)OCO4)C(=O)C=Cc1ccc([N+](=O)[O-])cc1)C32. The van der Waals surface area contributed by atoms with E-state index in [-0.39, 0.29) is 68.9 Å². The fourth-order valence-corrected chi connectivity index (χ4v) is 10.3. The summed E-state index contributed by atoms with van der Waals surface area (Å²) < 4.78 is 32.6. The van der Waals surface area contributed by atoms with Gasteiger partial charge < -0.3 is 43.6 Å². The van der Waals surface area contributed by atoms with Crippen LogP contribution in [-0.2, 0) is 20.9 Å². The number of carbonyl (C=O) groups excluding carboxylic acids is 1. The van der Waals surface area contributed by atoms with E-state index in [1.54, 1.807) is 29.2 Å². The summed E-state index contributed by atoms with van der Waals surface area (Å²) >= 11 is 0. The van der Waals surface area contributed by atoms with E-state index in [4.69, 9.17) is 33.7 Å². The van der Waals surface area contributed by atoms with Gasteiger partial charge in [-0.1, -0.05) is 42.3 Å². The number of nitro benzene ring substituents is 1. The van der Waals surface area contributed by atoms with Crippen molar-refractivity contribution in [1.82, 2.24) is 4.90 Å². The number of amides is 1. The van der Waals surface area contributed by atoms with E-state index in [0.29, 0.717) is 52.9 Å². The predicted octanol–water partition coefficient (Wildman–Crippen LogP) is 9.74. The van der Waals surface area contributed by atoms with Crippen LogP contribution in [0.2, 0.25) is 0 Å². The summed E-state index contributed by atoms with van der Waals surface area (Å²) in [6.45, 7) is 8.59. The van der Waals surface area contributed by atoms with Crippen LogP contribution in [0.1, 0.15) is 78.7 Å². The van der Waals surface area contributed by atoms with Crippen LogP contribution in [0, 0.1) is 41.7 Å². The molecule has 1 saturated carbocycles. The summed E-state index contributed by atoms with van der Waals surface area (Å²) in [5, 5.41) is 36.1. The third-order valence-corrected chi connectivity index (χ3v) is 13.5. The molecule has 4 aromatic carbocycles. The lowest BCUT2D eigenvalue weighted by Gasteiger charge is -2.60. The second kappa shape index (κ2) is 21.0. The number of aliphatic hydroxyl groups excluding tert-OH is 2. The van der Waals surface area contributed by atoms with Crippen LogP contribution < -0.4 is 18.9 Å². The minimum Gasteiger partial charge on any atom is -0.459 e. The van der Waals surface area contributed by atoms with E-state index in [0.717, 1.165) is 53.5 Å². The molecule has 67 heavy (non-hydrogen) atoms. The quantitative estimate of drug-likeness (QED) is 0.0284. The Balaban J connectivity index is 1.32. The average Bonchev–Trinajstić information content (AvgIpc) is 3.80. The fraction of sp³-hybridized carbons (Fsp3) is 0.396. The van der Waals surface area contributed by atoms with Crippen molar-refractivity contribution in [2.45, 2.75) is 83.1 Å². The van der Waals surface area contributed by atoms with Crippen molar-refractivity contribution in [2.75, 3.05) is 33.7 Å². The van der Waals surface area contributed by atoms with Gasteiger partial charge in [-0.3, -0.25) is 14.9 Å². The van der Waals surface area contributed by atoms with Gasteiger partial charge in [0.25, 0.3) is 5.69 Å². The van der Waals surface area contributed by atoms with Crippen molar-refractivity contribution >= 4 is 23.4 Å². The Kier molecular flexibility index (Phi) is 14.7. The molecule has 4 aliphatic rings. The van der Waals surface area contributed by atoms with Gasteiger partial charge in [-0.05, 0) is 140 Å². The number of allylic oxidation sites excluding steroid dienone is 1. The monoisotopic (exact) mass is 913 g/mol. The highest BCUT2D eigenvalue weighted by atomic mass is 16.7. The van der Waals surface area contributed by atoms with Crippen LogP contribution in [-0.4, -0.2) is 77.2 Å². The number of nitrogens with zero attached hydrogens (tertiary/aromatic N) is 3. The standard InChI is InChI=1S/C53H59N3O11/c1-5-26-65-53-49(55(32-37-15-21-47-48(28-37)64-33-63-47)50(59)23-16-36-13-17-39(18-14-36)56(60)61)31-45(54-62-4)43-29-38(10-6-8-24-57)42(11-7-9-25-58)51(52(43)53)44-30-41(20-22-46(44)67-53)66-40-19-12-34(2)35(3)27-40/h5,12-23,27-30,38,42,49,51-52,57-58H,1,6-11,24-26,31-33H2,2-4H3. The minimum atomic E-state index is -1.51. The van der Waals surface area contributed by atoms with Crippen LogP contribution in [0.15, 0.2) is 114 Å². The number of benzene rings is 4. The number of aliphatic hydroxyl groups is 2. The molecule has 2 N–H and O–H groups in total. The Morgan fingerprint density at radius 1 is 0.925 bits per heavy atom. The van der Waals surface area contributed by atoms with E-state index in [1.807, 2.05) is 48.5 Å². The van der Waals surface area contributed by atoms with E-state index in [2.05, 4.69) is 32.6 Å². The van der Waals surface area contributed by atoms with Crippen LogP contribution >= 0.6 is 0 Å². The molecule has 0 radical (unpaired) electrons. The van der Waals surface area contributed by atoms with E-state index in [9.17, 15) is 20.3 Å². The molecule has 352 valence electrons. The molecule has 2 aliphatic carbocycles. The maximum Gasteiger partial charge on any atom is 0.269 e. The zero-order valence-corrected chi connectivity index (χ0v) is 38.3. The highest BCUT2D eigenvalue weighted by Gasteiger charge is 2.65. The molecule has 1 fully saturated rings. The zero-order chi connectivity index (χ0) is 47.1. The zero-order valence-electron chi connectivity index (χ0n) is 38.3. The van der Waals surface area contributed by atoms with E-state index in [1.165, 1.54) is 25.3 Å². The molecule has 4 aromatic rings. The molecule has 0 aromatic heterocycles. The Morgan fingerprint density at radius 2 is 1.66 bits per heavy atom. The number of non-ortho nitro benzene ring substituents is 1. The average molecular weight is 914 g/mol. The third kappa shape index (κ3) is 9.97. The summed E-state index contributed by atoms with van der Waals surface area (Å²) in [5.41, 5.74) is 6.07. The van der Waals surface area contributed by atoms with E-state index >= 15 is 4.79 Å². The molecule has 14 nitrogen and oxygen atoms in total. The molecule has 0 saturated heterocycles. The largest absolute Gasteiger partial charge is 0.459 e. The van der Waals surface area contributed by atoms with Gasteiger partial charge in [-0.25, -0.2) is 0 Å². The molecular formula is C53H59N3O11. The normalized spacial score (nSPS) is 22.9. The molecule has 8 rings (SSSR count). The first-order chi connectivity index (χ1) is 32.6. The molecule has 1 amide bonds. The van der Waals surface area contributed by atoms with Crippen molar-refractivity contribution in [3.05, 3.63) is 147 Å². The molecule has 2 heterocycles. The first kappa shape index (κ1) is 47.0. The van der Waals surface area contributed by atoms with Crippen molar-refractivity contribution in [3.63, 3.8) is 0 Å². The van der Waals surface area contributed by atoms with Gasteiger partial charge in [-0.15, -0.1) is 6.58 Å². The van der Waals surface area contributed by atoms with Gasteiger partial charge in [0.2, 0.25) is 18.5 Å². The van der Waals surface area contributed by atoms with Crippen LogP contribution in [0.5, 0.6) is 28.7 Å². The summed E-state index contributed by atoms with van der Waals surface area (Å²) in [6.07, 6.45) is 11.7. The lowest BCUT2D eigenvalue weighted by molar-refractivity contribution is -0.384. The van der Waals surface area contributed by atoms with Gasteiger partial charge in [0.1, 0.15) is 30.4 Å². The number of fused-ring (bicyclic) bond motifs is 3. The van der Waals surface area contributed by atoms with Gasteiger partial charge in [0.05, 0.1) is 23.2 Å². The predicted molar refractivity (Wildman–Crippen MR) is 253 cm³/mol. The molecule has 14 heteroatoms. The Bertz CT molecular complexity index is 2540. The Labute approximate surface area is 391 Å². The summed E-state index contributed by atoms with van der Waals surface area (Å²) in [6, 6.07) is 22.7. The number of oxime groups is 1. The third-order valence-electron chi connectivity index (χ3n) is 13.5. The number of ether oxygens (including phenoxy) is 5. The molecule has 6 unspecified atom stereocenters. The van der Waals surface area contributed by atoms with Gasteiger partial charge in [0.15, 0.2) is 11.5 Å². The highest BCUT2D eigenvalue weighted by Crippen LogP contribution is 2.62. The number of unbranched alkanes of at least 4 members (excludes halogenated alkanes) is 2. The minimum absolute atomic E-state index is 0.00723. The van der Waals surface area contributed by atoms with Crippen molar-refractivity contribution < 1.29 is 48.5 Å². The summed E-state index contributed by atoms with van der Waals surface area (Å²) in [7, 11) is 1.51. The van der Waals surface area contributed by atoms with Crippen LogP contribution in [0.25, 0.3) is 6.08 Å².